The maximum Gasteiger partial charge on any atom is 0.339 e. The molecule has 1 N–H and O–H groups in total. The summed E-state index contributed by atoms with van der Waals surface area (Å²) in [5, 5.41) is 2.96. The number of hydrogen-bond donors (Lipinski definition) is 1. The molecule has 0 radical (unpaired) electrons. The molecule has 0 aliphatic carbocycles. The number of methoxy groups -OCH3 is 1. The third-order valence-corrected chi connectivity index (χ3v) is 3.85. The van der Waals surface area contributed by atoms with E-state index < -0.39 is 18.5 Å². The van der Waals surface area contributed by atoms with Gasteiger partial charge in [0.05, 0.1) is 17.7 Å². The van der Waals surface area contributed by atoms with E-state index in [2.05, 4.69) is 21.2 Å². The average molecular weight is 399 g/mol. The summed E-state index contributed by atoms with van der Waals surface area (Å²) in [4.78, 5) is 23.7. The molecule has 23 heavy (non-hydrogen) atoms. The van der Waals surface area contributed by atoms with E-state index in [0.29, 0.717) is 26.5 Å². The number of amides is 1. The van der Waals surface area contributed by atoms with Crippen molar-refractivity contribution in [2.45, 2.75) is 0 Å². The molecule has 0 saturated carbocycles. The van der Waals surface area contributed by atoms with Gasteiger partial charge in [0.2, 0.25) is 0 Å². The van der Waals surface area contributed by atoms with Gasteiger partial charge in [0.1, 0.15) is 5.75 Å². The maximum atomic E-state index is 11.9. The van der Waals surface area contributed by atoms with E-state index in [0.717, 1.165) is 0 Å². The molecule has 0 atom stereocenters. The number of carbonyl (C=O) groups excluding carboxylic acids is 2. The number of nitrogens with one attached hydrogen (secondary N) is 1. The molecule has 5 nitrogen and oxygen atoms in total. The first kappa shape index (κ1) is 17.3. The molecule has 120 valence electrons. The third-order valence-electron chi connectivity index (χ3n) is 2.86. The zero-order chi connectivity index (χ0) is 16.8. The van der Waals surface area contributed by atoms with Crippen molar-refractivity contribution in [2.75, 3.05) is 19.0 Å². The second kappa shape index (κ2) is 7.99. The average Bonchev–Trinajstić information content (AvgIpc) is 2.53. The lowest BCUT2D eigenvalue weighted by atomic mass is 10.2. The zero-order valence-electron chi connectivity index (χ0n) is 12.1. The summed E-state index contributed by atoms with van der Waals surface area (Å²) in [6.45, 7) is -0.399. The van der Waals surface area contributed by atoms with Gasteiger partial charge >= 0.3 is 5.97 Å². The van der Waals surface area contributed by atoms with E-state index in [9.17, 15) is 9.59 Å². The largest absolute Gasteiger partial charge is 0.495 e. The molecular formula is C16H13BrClNO4. The Bertz CT molecular complexity index is 736. The molecule has 0 aliphatic heterocycles. The van der Waals surface area contributed by atoms with E-state index in [-0.39, 0.29) is 0 Å². The molecule has 0 saturated heterocycles. The van der Waals surface area contributed by atoms with E-state index in [4.69, 9.17) is 21.1 Å². The molecule has 0 spiro atoms. The van der Waals surface area contributed by atoms with Gasteiger partial charge in [-0.2, -0.15) is 0 Å². The van der Waals surface area contributed by atoms with Gasteiger partial charge in [0.15, 0.2) is 6.61 Å². The maximum absolute atomic E-state index is 11.9. The van der Waals surface area contributed by atoms with E-state index >= 15 is 0 Å². The third kappa shape index (κ3) is 4.71. The van der Waals surface area contributed by atoms with Gasteiger partial charge in [-0.1, -0.05) is 23.7 Å². The summed E-state index contributed by atoms with van der Waals surface area (Å²) < 4.78 is 10.6. The van der Waals surface area contributed by atoms with Gasteiger partial charge in [0, 0.05) is 10.2 Å². The van der Waals surface area contributed by atoms with Crippen LogP contribution >= 0.6 is 27.5 Å². The highest BCUT2D eigenvalue weighted by atomic mass is 79.9. The number of esters is 1. The Balaban J connectivity index is 1.91. The van der Waals surface area contributed by atoms with Gasteiger partial charge in [-0.25, -0.2) is 4.79 Å². The lowest BCUT2D eigenvalue weighted by Crippen LogP contribution is -2.21. The van der Waals surface area contributed by atoms with Crippen molar-refractivity contribution in [3.63, 3.8) is 0 Å². The van der Waals surface area contributed by atoms with Gasteiger partial charge in [-0.3, -0.25) is 4.79 Å². The fraction of sp³-hybridized carbons (Fsp3) is 0.125. The minimum Gasteiger partial charge on any atom is -0.495 e. The van der Waals surface area contributed by atoms with Crippen LogP contribution in [0, 0.1) is 0 Å². The Kier molecular flexibility index (Phi) is 6.01. The van der Waals surface area contributed by atoms with Crippen LogP contribution in [0.4, 0.5) is 5.69 Å². The Hall–Kier alpha value is -2.05. The van der Waals surface area contributed by atoms with Crippen molar-refractivity contribution in [2.24, 2.45) is 0 Å². The SMILES string of the molecule is COc1ccc(NC(=O)COC(=O)c2ccccc2Br)cc1Cl. The number of ether oxygens (including phenoxy) is 2. The Morgan fingerprint density at radius 3 is 2.61 bits per heavy atom. The summed E-state index contributed by atoms with van der Waals surface area (Å²) in [5.41, 5.74) is 0.838. The fourth-order valence-corrected chi connectivity index (χ4v) is 2.48. The lowest BCUT2D eigenvalue weighted by Gasteiger charge is -2.09. The van der Waals surface area contributed by atoms with Crippen molar-refractivity contribution in [1.29, 1.82) is 0 Å². The summed E-state index contributed by atoms with van der Waals surface area (Å²) in [6, 6.07) is 11.6. The summed E-state index contributed by atoms with van der Waals surface area (Å²) in [6.07, 6.45) is 0. The first-order valence-corrected chi connectivity index (χ1v) is 7.73. The standard InChI is InChI=1S/C16H13BrClNO4/c1-22-14-7-6-10(8-13(14)18)19-15(20)9-23-16(21)11-4-2-3-5-12(11)17/h2-8H,9H2,1H3,(H,19,20). The van der Waals surface area contributed by atoms with Crippen LogP contribution in [0.2, 0.25) is 5.02 Å². The number of halogens is 2. The van der Waals surface area contributed by atoms with Crippen molar-refractivity contribution in [1.82, 2.24) is 0 Å². The predicted molar refractivity (Wildman–Crippen MR) is 91.1 cm³/mol. The van der Waals surface area contributed by atoms with Gasteiger partial charge < -0.3 is 14.8 Å². The van der Waals surface area contributed by atoms with Crippen LogP contribution in [-0.2, 0) is 9.53 Å². The molecule has 1 amide bonds. The normalized spacial score (nSPS) is 10.0. The molecule has 0 aliphatic rings. The van der Waals surface area contributed by atoms with Crippen molar-refractivity contribution in [3.8, 4) is 5.75 Å². The van der Waals surface area contributed by atoms with Crippen LogP contribution in [0.5, 0.6) is 5.75 Å². The molecular weight excluding hydrogens is 386 g/mol. The zero-order valence-corrected chi connectivity index (χ0v) is 14.5. The number of anilines is 1. The van der Waals surface area contributed by atoms with Gasteiger partial charge in [0.25, 0.3) is 5.91 Å². The molecule has 2 rings (SSSR count). The van der Waals surface area contributed by atoms with E-state index in [1.54, 1.807) is 42.5 Å². The predicted octanol–water partition coefficient (Wildman–Crippen LogP) is 3.91. The lowest BCUT2D eigenvalue weighted by molar-refractivity contribution is -0.119. The van der Waals surface area contributed by atoms with E-state index in [1.807, 2.05) is 0 Å². The topological polar surface area (TPSA) is 64.6 Å². The van der Waals surface area contributed by atoms with E-state index in [1.165, 1.54) is 7.11 Å². The highest BCUT2D eigenvalue weighted by molar-refractivity contribution is 9.10. The summed E-state index contributed by atoms with van der Waals surface area (Å²) in [5.74, 6) is -0.544. The molecule has 0 aromatic heterocycles. The second-order valence-electron chi connectivity index (χ2n) is 4.45. The van der Waals surface area contributed by atoms with Crippen LogP contribution in [0.3, 0.4) is 0 Å². The fourth-order valence-electron chi connectivity index (χ4n) is 1.78. The van der Waals surface area contributed by atoms with Crippen LogP contribution in [0.25, 0.3) is 0 Å². The molecule has 2 aromatic rings. The van der Waals surface area contributed by atoms with Crippen LogP contribution in [0.15, 0.2) is 46.9 Å². The summed E-state index contributed by atoms with van der Waals surface area (Å²) >= 11 is 9.22. The number of benzene rings is 2. The Morgan fingerprint density at radius 2 is 1.96 bits per heavy atom. The first-order valence-electron chi connectivity index (χ1n) is 6.56. The van der Waals surface area contributed by atoms with Gasteiger partial charge in [-0.15, -0.1) is 0 Å². The molecule has 0 unspecified atom stereocenters. The molecule has 0 fully saturated rings. The van der Waals surface area contributed by atoms with Crippen molar-refractivity contribution < 1.29 is 19.1 Å². The number of rotatable bonds is 5. The number of carbonyl (C=O) groups is 2. The molecule has 7 heteroatoms. The van der Waals surface area contributed by atoms with Gasteiger partial charge in [-0.05, 0) is 46.3 Å². The highest BCUT2D eigenvalue weighted by Gasteiger charge is 2.13. The minimum atomic E-state index is -0.583. The Morgan fingerprint density at radius 1 is 1.22 bits per heavy atom. The number of hydrogen-bond acceptors (Lipinski definition) is 4. The van der Waals surface area contributed by atoms with Crippen LogP contribution < -0.4 is 10.1 Å². The van der Waals surface area contributed by atoms with Crippen LogP contribution in [-0.4, -0.2) is 25.6 Å². The molecule has 2 aromatic carbocycles. The smallest absolute Gasteiger partial charge is 0.339 e. The second-order valence-corrected chi connectivity index (χ2v) is 5.72. The Labute approximate surface area is 146 Å². The van der Waals surface area contributed by atoms with Crippen LogP contribution in [0.1, 0.15) is 10.4 Å². The highest BCUT2D eigenvalue weighted by Crippen LogP contribution is 2.27. The minimum absolute atomic E-state index is 0.354. The van der Waals surface area contributed by atoms with Crippen molar-refractivity contribution >= 4 is 45.1 Å². The monoisotopic (exact) mass is 397 g/mol. The quantitative estimate of drug-likeness (QED) is 0.776. The molecule has 0 heterocycles. The first-order chi connectivity index (χ1) is 11.0. The van der Waals surface area contributed by atoms with Crippen molar-refractivity contribution in [3.05, 3.63) is 57.5 Å². The summed E-state index contributed by atoms with van der Waals surface area (Å²) in [7, 11) is 1.50. The molecule has 0 bridgehead atoms.